The predicted molar refractivity (Wildman–Crippen MR) is 72.5 cm³/mol. The van der Waals surface area contributed by atoms with Crippen LogP contribution in [0.1, 0.15) is 36.9 Å². The fraction of sp³-hybridized carbons (Fsp3) is 0.400. The summed E-state index contributed by atoms with van der Waals surface area (Å²) in [4.78, 5) is 0. The van der Waals surface area contributed by atoms with Gasteiger partial charge in [-0.2, -0.15) is 5.10 Å². The van der Waals surface area contributed by atoms with Gasteiger partial charge in [-0.25, -0.2) is 0 Å². The lowest BCUT2D eigenvalue weighted by atomic mass is 10.1. The molecule has 2 aromatic rings. The van der Waals surface area contributed by atoms with Crippen molar-refractivity contribution in [3.05, 3.63) is 53.3 Å². The monoisotopic (exact) mass is 244 g/mol. The minimum atomic E-state index is 0.0381. The van der Waals surface area contributed by atoms with E-state index in [0.29, 0.717) is 0 Å². The SMILES string of the molecule is CC.Cc1cc2n(n1)CCOC2c1ccccc1. The summed E-state index contributed by atoms with van der Waals surface area (Å²) in [6.45, 7) is 7.60. The largest absolute Gasteiger partial charge is 0.365 e. The topological polar surface area (TPSA) is 27.1 Å². The lowest BCUT2D eigenvalue weighted by Gasteiger charge is -2.24. The van der Waals surface area contributed by atoms with Crippen LogP contribution in [0.25, 0.3) is 0 Å². The van der Waals surface area contributed by atoms with E-state index in [1.54, 1.807) is 0 Å². The Morgan fingerprint density at radius 3 is 2.67 bits per heavy atom. The molecule has 0 fully saturated rings. The van der Waals surface area contributed by atoms with Crippen molar-refractivity contribution in [2.75, 3.05) is 6.61 Å². The van der Waals surface area contributed by atoms with Crippen LogP contribution in [-0.2, 0) is 11.3 Å². The van der Waals surface area contributed by atoms with Gasteiger partial charge in [0.1, 0.15) is 6.10 Å². The highest BCUT2D eigenvalue weighted by Crippen LogP contribution is 2.29. The van der Waals surface area contributed by atoms with Gasteiger partial charge in [-0.1, -0.05) is 44.2 Å². The first-order valence-corrected chi connectivity index (χ1v) is 6.55. The lowest BCUT2D eigenvalue weighted by molar-refractivity contribution is 0.0422. The molecule has 0 bridgehead atoms. The lowest BCUT2D eigenvalue weighted by Crippen LogP contribution is -2.22. The third-order valence-corrected chi connectivity index (χ3v) is 2.89. The van der Waals surface area contributed by atoms with E-state index in [9.17, 15) is 0 Å². The van der Waals surface area contributed by atoms with Crippen LogP contribution in [0.2, 0.25) is 0 Å². The minimum absolute atomic E-state index is 0.0381. The van der Waals surface area contributed by atoms with Crippen molar-refractivity contribution < 1.29 is 4.74 Å². The molecule has 2 heterocycles. The van der Waals surface area contributed by atoms with Gasteiger partial charge in [0.05, 0.1) is 24.5 Å². The normalized spacial score (nSPS) is 17.6. The first kappa shape index (κ1) is 12.8. The second kappa shape index (κ2) is 5.83. The van der Waals surface area contributed by atoms with Gasteiger partial charge >= 0.3 is 0 Å². The Morgan fingerprint density at radius 2 is 1.94 bits per heavy atom. The molecule has 0 saturated heterocycles. The Bertz CT molecular complexity index is 490. The summed E-state index contributed by atoms with van der Waals surface area (Å²) in [5.41, 5.74) is 3.42. The Morgan fingerprint density at radius 1 is 1.22 bits per heavy atom. The number of aromatic nitrogens is 2. The van der Waals surface area contributed by atoms with Crippen LogP contribution in [-0.4, -0.2) is 16.4 Å². The number of hydrogen-bond acceptors (Lipinski definition) is 2. The Kier molecular flexibility index (Phi) is 4.15. The number of nitrogens with zero attached hydrogens (tertiary/aromatic N) is 2. The third kappa shape index (κ3) is 2.46. The maximum atomic E-state index is 5.84. The van der Waals surface area contributed by atoms with Crippen LogP contribution in [0.15, 0.2) is 36.4 Å². The van der Waals surface area contributed by atoms with Crippen molar-refractivity contribution in [3.63, 3.8) is 0 Å². The van der Waals surface area contributed by atoms with E-state index >= 15 is 0 Å². The average Bonchev–Trinajstić information content (AvgIpc) is 2.82. The maximum Gasteiger partial charge on any atom is 0.124 e. The first-order chi connectivity index (χ1) is 8.84. The average molecular weight is 244 g/mol. The van der Waals surface area contributed by atoms with Crippen LogP contribution in [0, 0.1) is 6.92 Å². The van der Waals surface area contributed by atoms with Gasteiger partial charge < -0.3 is 4.74 Å². The van der Waals surface area contributed by atoms with Gasteiger partial charge in [0.25, 0.3) is 0 Å². The molecule has 0 saturated carbocycles. The van der Waals surface area contributed by atoms with Crippen molar-refractivity contribution in [2.24, 2.45) is 0 Å². The van der Waals surface area contributed by atoms with Crippen LogP contribution >= 0.6 is 0 Å². The molecule has 1 unspecified atom stereocenters. The minimum Gasteiger partial charge on any atom is -0.365 e. The zero-order valence-electron chi connectivity index (χ0n) is 11.3. The van der Waals surface area contributed by atoms with Crippen molar-refractivity contribution in [3.8, 4) is 0 Å². The molecule has 96 valence electrons. The molecular weight excluding hydrogens is 224 g/mol. The van der Waals surface area contributed by atoms with E-state index in [1.807, 2.05) is 39.0 Å². The Labute approximate surface area is 108 Å². The molecule has 0 amide bonds. The van der Waals surface area contributed by atoms with E-state index < -0.39 is 0 Å². The summed E-state index contributed by atoms with van der Waals surface area (Å²) in [7, 11) is 0. The summed E-state index contributed by atoms with van der Waals surface area (Å²) < 4.78 is 7.90. The van der Waals surface area contributed by atoms with Crippen molar-refractivity contribution in [1.29, 1.82) is 0 Å². The molecule has 1 aliphatic heterocycles. The van der Waals surface area contributed by atoms with Crippen LogP contribution < -0.4 is 0 Å². The second-order valence-corrected chi connectivity index (χ2v) is 4.10. The molecule has 18 heavy (non-hydrogen) atoms. The zero-order valence-corrected chi connectivity index (χ0v) is 11.3. The van der Waals surface area contributed by atoms with E-state index in [-0.39, 0.29) is 6.10 Å². The molecule has 0 N–H and O–H groups in total. The number of fused-ring (bicyclic) bond motifs is 1. The standard InChI is InChI=1S/C13H14N2O.C2H6/c1-10-9-12-13(11-5-3-2-4-6-11)16-8-7-15(12)14-10;1-2/h2-6,9,13H,7-8H2,1H3;1-2H3. The van der Waals surface area contributed by atoms with E-state index in [2.05, 4.69) is 28.0 Å². The summed E-state index contributed by atoms with van der Waals surface area (Å²) in [5.74, 6) is 0. The number of aryl methyl sites for hydroxylation is 1. The highest BCUT2D eigenvalue weighted by atomic mass is 16.5. The van der Waals surface area contributed by atoms with Gasteiger partial charge in [0.2, 0.25) is 0 Å². The number of ether oxygens (including phenoxy) is 1. The fourth-order valence-electron chi connectivity index (χ4n) is 2.19. The van der Waals surface area contributed by atoms with Crippen LogP contribution in [0.5, 0.6) is 0 Å². The number of benzene rings is 1. The van der Waals surface area contributed by atoms with Crippen molar-refractivity contribution in [2.45, 2.75) is 33.4 Å². The number of hydrogen-bond donors (Lipinski definition) is 0. The quantitative estimate of drug-likeness (QED) is 0.769. The van der Waals surface area contributed by atoms with Gasteiger partial charge in [-0.05, 0) is 18.6 Å². The molecule has 0 spiro atoms. The summed E-state index contributed by atoms with van der Waals surface area (Å²) >= 11 is 0. The van der Waals surface area contributed by atoms with E-state index in [4.69, 9.17) is 4.74 Å². The second-order valence-electron chi connectivity index (χ2n) is 4.10. The third-order valence-electron chi connectivity index (χ3n) is 2.89. The molecule has 1 aliphatic rings. The van der Waals surface area contributed by atoms with Crippen LogP contribution in [0.4, 0.5) is 0 Å². The molecule has 0 aliphatic carbocycles. The fourth-order valence-corrected chi connectivity index (χ4v) is 2.19. The van der Waals surface area contributed by atoms with E-state index in [1.165, 1.54) is 5.56 Å². The molecule has 1 aromatic carbocycles. The van der Waals surface area contributed by atoms with Gasteiger partial charge in [-0.3, -0.25) is 4.68 Å². The Balaban J connectivity index is 0.000000574. The predicted octanol–water partition coefficient (Wildman–Crippen LogP) is 3.34. The zero-order chi connectivity index (χ0) is 13.0. The van der Waals surface area contributed by atoms with E-state index in [0.717, 1.165) is 24.5 Å². The van der Waals surface area contributed by atoms with Gasteiger partial charge in [0, 0.05) is 0 Å². The smallest absolute Gasteiger partial charge is 0.124 e. The molecule has 3 rings (SSSR count). The van der Waals surface area contributed by atoms with Crippen molar-refractivity contribution >= 4 is 0 Å². The number of rotatable bonds is 1. The molecular formula is C15H20N2O. The molecule has 0 radical (unpaired) electrons. The molecule has 1 atom stereocenters. The molecule has 3 heteroatoms. The van der Waals surface area contributed by atoms with Crippen molar-refractivity contribution in [1.82, 2.24) is 9.78 Å². The first-order valence-electron chi connectivity index (χ1n) is 6.55. The van der Waals surface area contributed by atoms with Gasteiger partial charge in [0.15, 0.2) is 0 Å². The van der Waals surface area contributed by atoms with Crippen LogP contribution in [0.3, 0.4) is 0 Å². The molecule has 3 nitrogen and oxygen atoms in total. The summed E-state index contributed by atoms with van der Waals surface area (Å²) in [6.07, 6.45) is 0.0381. The van der Waals surface area contributed by atoms with Gasteiger partial charge in [-0.15, -0.1) is 0 Å². The highest BCUT2D eigenvalue weighted by Gasteiger charge is 2.23. The maximum absolute atomic E-state index is 5.84. The summed E-state index contributed by atoms with van der Waals surface area (Å²) in [6, 6.07) is 12.4. The molecule has 1 aromatic heterocycles. The summed E-state index contributed by atoms with van der Waals surface area (Å²) in [5, 5.41) is 4.46. The highest BCUT2D eigenvalue weighted by molar-refractivity contribution is 5.27. The Hall–Kier alpha value is -1.61.